The fourth-order valence-electron chi connectivity index (χ4n) is 1.68. The lowest BCUT2D eigenvalue weighted by Gasteiger charge is -1.99. The molecule has 0 amide bonds. The topological polar surface area (TPSA) is 12.0 Å². The van der Waals surface area contributed by atoms with Crippen LogP contribution >= 0.6 is 0 Å². The van der Waals surface area contributed by atoms with Crippen molar-refractivity contribution in [1.82, 2.24) is 5.32 Å². The normalized spacial score (nSPS) is 25.2. The van der Waals surface area contributed by atoms with E-state index in [0.29, 0.717) is 18.5 Å². The predicted octanol–water partition coefficient (Wildman–Crippen LogP) is 1.77. The van der Waals surface area contributed by atoms with E-state index < -0.39 is 0 Å². The second-order valence-corrected chi connectivity index (χ2v) is 3.44. The lowest BCUT2D eigenvalue weighted by molar-refractivity contribution is 0.742. The van der Waals surface area contributed by atoms with Crippen LogP contribution in [0.2, 0.25) is 0 Å². The molecule has 66 valence electrons. The molecule has 0 saturated heterocycles. The van der Waals surface area contributed by atoms with Crippen molar-refractivity contribution in [3.63, 3.8) is 0 Å². The lowest BCUT2D eigenvalue weighted by Crippen LogP contribution is -2.17. The fraction of sp³-hybridized carbons (Fsp3) is 0.333. The van der Waals surface area contributed by atoms with Crippen molar-refractivity contribution >= 4 is 0 Å². The van der Waals surface area contributed by atoms with Gasteiger partial charge in [0.2, 0.25) is 0 Å². The quantitative estimate of drug-likeness (QED) is 0.683. The third-order valence-corrected chi connectivity index (χ3v) is 2.48. The minimum Gasteiger partial charge on any atom is -0.303 e. The average molecular weight is 171 g/mol. The molecule has 1 N–H and O–H groups in total. The zero-order valence-electron chi connectivity index (χ0n) is 7.53. The molecule has 1 fully saturated rings. The molecule has 0 radical (unpaired) electrons. The maximum Gasteiger partial charge on any atom is 0.0576 e. The third kappa shape index (κ3) is 1.91. The van der Waals surface area contributed by atoms with Crippen LogP contribution in [0.4, 0.5) is 0 Å². The van der Waals surface area contributed by atoms with Crippen LogP contribution < -0.4 is 5.32 Å². The number of rotatable bonds is 3. The lowest BCUT2D eigenvalue weighted by atomic mass is 10.1. The summed E-state index contributed by atoms with van der Waals surface area (Å²) in [7, 11) is 0. The molecule has 0 aromatic heterocycles. The van der Waals surface area contributed by atoms with E-state index >= 15 is 0 Å². The summed E-state index contributed by atoms with van der Waals surface area (Å²) in [6, 6.07) is 11.2. The molecule has 2 rings (SSSR count). The van der Waals surface area contributed by atoms with Gasteiger partial charge in [-0.3, -0.25) is 0 Å². The maximum atomic E-state index is 5.18. The van der Waals surface area contributed by atoms with Crippen LogP contribution in [0.15, 0.2) is 30.3 Å². The van der Waals surface area contributed by atoms with E-state index in [0.717, 1.165) is 0 Å². The van der Waals surface area contributed by atoms with Crippen molar-refractivity contribution in [3.05, 3.63) is 35.9 Å². The number of hydrogen-bond donors (Lipinski definition) is 1. The number of nitrogens with one attached hydrogen (secondary N) is 1. The van der Waals surface area contributed by atoms with Gasteiger partial charge in [0.25, 0.3) is 0 Å². The average Bonchev–Trinajstić information content (AvgIpc) is 2.95. The summed E-state index contributed by atoms with van der Waals surface area (Å²) in [5.74, 6) is 3.29. The highest BCUT2D eigenvalue weighted by molar-refractivity contribution is 5.27. The molecule has 1 aromatic rings. The van der Waals surface area contributed by atoms with Gasteiger partial charge in [0, 0.05) is 12.0 Å². The Morgan fingerprint density at radius 2 is 2.15 bits per heavy atom. The largest absolute Gasteiger partial charge is 0.303 e. The minimum atomic E-state index is 0.610. The van der Waals surface area contributed by atoms with E-state index in [9.17, 15) is 0 Å². The van der Waals surface area contributed by atoms with E-state index in [1.807, 2.05) is 0 Å². The van der Waals surface area contributed by atoms with Crippen LogP contribution in [0.5, 0.6) is 0 Å². The van der Waals surface area contributed by atoms with Gasteiger partial charge in [-0.2, -0.15) is 0 Å². The van der Waals surface area contributed by atoms with Crippen LogP contribution in [0, 0.1) is 12.3 Å². The highest BCUT2D eigenvalue weighted by Crippen LogP contribution is 2.40. The molecule has 0 spiro atoms. The first kappa shape index (κ1) is 8.34. The summed E-state index contributed by atoms with van der Waals surface area (Å²) >= 11 is 0. The first-order valence-electron chi connectivity index (χ1n) is 4.63. The molecule has 1 aliphatic rings. The van der Waals surface area contributed by atoms with Gasteiger partial charge < -0.3 is 5.32 Å². The zero-order valence-corrected chi connectivity index (χ0v) is 7.53. The smallest absolute Gasteiger partial charge is 0.0576 e. The summed E-state index contributed by atoms with van der Waals surface area (Å²) in [6.07, 6.45) is 6.40. The number of benzene rings is 1. The van der Waals surface area contributed by atoms with Crippen molar-refractivity contribution in [2.75, 3.05) is 6.54 Å². The Kier molecular flexibility index (Phi) is 2.33. The molecule has 13 heavy (non-hydrogen) atoms. The van der Waals surface area contributed by atoms with Crippen LogP contribution in [0.3, 0.4) is 0 Å². The minimum absolute atomic E-state index is 0.610. The van der Waals surface area contributed by atoms with Gasteiger partial charge in [0.05, 0.1) is 6.54 Å². The van der Waals surface area contributed by atoms with Gasteiger partial charge in [-0.15, -0.1) is 6.42 Å². The van der Waals surface area contributed by atoms with Crippen molar-refractivity contribution in [2.45, 2.75) is 18.4 Å². The Bertz CT molecular complexity index is 310. The van der Waals surface area contributed by atoms with Crippen molar-refractivity contribution < 1.29 is 0 Å². The molecule has 0 heterocycles. The van der Waals surface area contributed by atoms with Gasteiger partial charge >= 0.3 is 0 Å². The van der Waals surface area contributed by atoms with Gasteiger partial charge in [-0.05, 0) is 12.0 Å². The Morgan fingerprint density at radius 3 is 2.85 bits per heavy atom. The van der Waals surface area contributed by atoms with Crippen LogP contribution in [-0.4, -0.2) is 12.6 Å². The summed E-state index contributed by atoms with van der Waals surface area (Å²) < 4.78 is 0. The van der Waals surface area contributed by atoms with Crippen molar-refractivity contribution in [3.8, 4) is 12.3 Å². The number of hydrogen-bond acceptors (Lipinski definition) is 1. The first-order chi connectivity index (χ1) is 6.42. The SMILES string of the molecule is C#CCNC1CC1c1ccccc1. The molecule has 2 atom stereocenters. The Balaban J connectivity index is 1.90. The Labute approximate surface area is 79.2 Å². The van der Waals surface area contributed by atoms with E-state index in [2.05, 4.69) is 41.6 Å². The van der Waals surface area contributed by atoms with Crippen molar-refractivity contribution in [2.24, 2.45) is 0 Å². The van der Waals surface area contributed by atoms with E-state index in [4.69, 9.17) is 6.42 Å². The van der Waals surface area contributed by atoms with Crippen molar-refractivity contribution in [1.29, 1.82) is 0 Å². The zero-order chi connectivity index (χ0) is 9.10. The van der Waals surface area contributed by atoms with Crippen LogP contribution in [0.25, 0.3) is 0 Å². The molecule has 1 heteroatoms. The molecule has 1 aromatic carbocycles. The summed E-state index contributed by atoms with van der Waals surface area (Å²) in [5, 5.41) is 3.32. The predicted molar refractivity (Wildman–Crippen MR) is 54.4 cm³/mol. The Morgan fingerprint density at radius 1 is 1.38 bits per heavy atom. The molecular weight excluding hydrogens is 158 g/mol. The maximum absolute atomic E-state index is 5.18. The van der Waals surface area contributed by atoms with E-state index in [1.54, 1.807) is 0 Å². The van der Waals surface area contributed by atoms with Gasteiger partial charge in [0.15, 0.2) is 0 Å². The second kappa shape index (κ2) is 3.64. The number of terminal acetylenes is 1. The highest BCUT2D eigenvalue weighted by atomic mass is 15.0. The van der Waals surface area contributed by atoms with Crippen LogP contribution in [0.1, 0.15) is 17.9 Å². The molecule has 1 nitrogen and oxygen atoms in total. The van der Waals surface area contributed by atoms with E-state index in [1.165, 1.54) is 12.0 Å². The monoisotopic (exact) mass is 171 g/mol. The third-order valence-electron chi connectivity index (χ3n) is 2.48. The van der Waals surface area contributed by atoms with Gasteiger partial charge in [-0.25, -0.2) is 0 Å². The molecule has 0 aliphatic heterocycles. The summed E-state index contributed by atoms with van der Waals surface area (Å²) in [6.45, 7) is 0.688. The van der Waals surface area contributed by atoms with Gasteiger partial charge in [-0.1, -0.05) is 36.3 Å². The highest BCUT2D eigenvalue weighted by Gasteiger charge is 2.37. The van der Waals surface area contributed by atoms with Gasteiger partial charge in [0.1, 0.15) is 0 Å². The molecule has 0 bridgehead atoms. The molecule has 2 unspecified atom stereocenters. The summed E-state index contributed by atoms with van der Waals surface area (Å²) in [4.78, 5) is 0. The first-order valence-corrected chi connectivity index (χ1v) is 4.63. The summed E-state index contributed by atoms with van der Waals surface area (Å²) in [5.41, 5.74) is 1.43. The molecule has 1 aliphatic carbocycles. The Hall–Kier alpha value is -1.26. The van der Waals surface area contributed by atoms with Crippen LogP contribution in [-0.2, 0) is 0 Å². The molecule has 1 saturated carbocycles. The standard InChI is InChI=1S/C12H13N/c1-2-8-13-12-9-11(12)10-6-4-3-5-7-10/h1,3-7,11-13H,8-9H2. The fourth-order valence-corrected chi connectivity index (χ4v) is 1.68. The van der Waals surface area contributed by atoms with E-state index in [-0.39, 0.29) is 0 Å². The second-order valence-electron chi connectivity index (χ2n) is 3.44. The molecular formula is C12H13N.